The number of hydrogen-bond acceptors (Lipinski definition) is 4. The van der Waals surface area contributed by atoms with Crippen LogP contribution in [-0.2, 0) is 26.2 Å². The van der Waals surface area contributed by atoms with E-state index in [1.54, 1.807) is 36.4 Å². The van der Waals surface area contributed by atoms with Gasteiger partial charge in [0, 0.05) is 22.6 Å². The molecule has 0 aromatic heterocycles. The lowest BCUT2D eigenvalue weighted by Crippen LogP contribution is -2.53. The molecule has 196 valence electrons. The average Bonchev–Trinajstić information content (AvgIpc) is 3.32. The average molecular weight is 555 g/mol. The molecule has 1 fully saturated rings. The maximum atomic E-state index is 13.7. The number of nitrogens with one attached hydrogen (secondary N) is 1. The van der Waals surface area contributed by atoms with E-state index >= 15 is 0 Å². The number of rotatable bonds is 10. The monoisotopic (exact) mass is 553 g/mol. The molecule has 0 radical (unpaired) electrons. The van der Waals surface area contributed by atoms with E-state index in [0.717, 1.165) is 47.4 Å². The Morgan fingerprint density at radius 2 is 1.72 bits per heavy atom. The van der Waals surface area contributed by atoms with Crippen LogP contribution in [0.5, 0.6) is 0 Å². The van der Waals surface area contributed by atoms with E-state index in [1.807, 2.05) is 13.8 Å². The molecule has 0 aliphatic heterocycles. The molecule has 7 nitrogen and oxygen atoms in total. The van der Waals surface area contributed by atoms with Crippen LogP contribution < -0.4 is 9.62 Å². The first kappa shape index (κ1) is 28.3. The second-order valence-electron chi connectivity index (χ2n) is 9.27. The van der Waals surface area contributed by atoms with Crippen molar-refractivity contribution in [1.82, 2.24) is 10.2 Å². The highest BCUT2D eigenvalue weighted by atomic mass is 35.5. The number of halogens is 2. The summed E-state index contributed by atoms with van der Waals surface area (Å²) in [6.45, 7) is 3.33. The van der Waals surface area contributed by atoms with Gasteiger partial charge < -0.3 is 10.2 Å². The Bertz CT molecular complexity index is 1180. The van der Waals surface area contributed by atoms with E-state index in [2.05, 4.69) is 5.32 Å². The first-order valence-corrected chi connectivity index (χ1v) is 14.7. The maximum absolute atomic E-state index is 13.7. The van der Waals surface area contributed by atoms with Gasteiger partial charge in [-0.1, -0.05) is 61.2 Å². The van der Waals surface area contributed by atoms with E-state index in [-0.39, 0.29) is 24.2 Å². The zero-order valence-electron chi connectivity index (χ0n) is 20.8. The number of benzene rings is 2. The number of aryl methyl sites for hydroxylation is 1. The fourth-order valence-corrected chi connectivity index (χ4v) is 5.57. The standard InChI is InChI=1S/C26H33Cl2N3O4S/c1-4-24(26(33)29-21-7-5-6-8-21)30(16-19-10-12-20(27)13-11-19)25(32)17-31(36(3,34)35)22-14-9-18(2)23(28)15-22/h9-15,21,24H,4-8,16-17H2,1-3H3,(H,29,33). The molecule has 0 spiro atoms. The molecule has 1 aliphatic carbocycles. The summed E-state index contributed by atoms with van der Waals surface area (Å²) in [6, 6.07) is 11.2. The smallest absolute Gasteiger partial charge is 0.244 e. The van der Waals surface area contributed by atoms with Gasteiger partial charge in [0.05, 0.1) is 11.9 Å². The van der Waals surface area contributed by atoms with Crippen molar-refractivity contribution in [2.75, 3.05) is 17.1 Å². The van der Waals surface area contributed by atoms with Crippen LogP contribution in [0.1, 0.15) is 50.2 Å². The topological polar surface area (TPSA) is 86.8 Å². The molecular weight excluding hydrogens is 521 g/mol. The summed E-state index contributed by atoms with van der Waals surface area (Å²) >= 11 is 12.3. The van der Waals surface area contributed by atoms with Gasteiger partial charge in [-0.2, -0.15) is 0 Å². The van der Waals surface area contributed by atoms with Gasteiger partial charge in [0.25, 0.3) is 0 Å². The van der Waals surface area contributed by atoms with Crippen LogP contribution in [0, 0.1) is 6.92 Å². The summed E-state index contributed by atoms with van der Waals surface area (Å²) in [5.41, 5.74) is 1.86. The molecule has 2 amide bonds. The van der Waals surface area contributed by atoms with Crippen LogP contribution >= 0.6 is 23.2 Å². The summed E-state index contributed by atoms with van der Waals surface area (Å²) in [7, 11) is -3.82. The minimum atomic E-state index is -3.82. The second-order valence-corrected chi connectivity index (χ2v) is 12.0. The van der Waals surface area contributed by atoms with Gasteiger partial charge in [-0.15, -0.1) is 0 Å². The molecule has 1 N–H and O–H groups in total. The van der Waals surface area contributed by atoms with Crippen molar-refractivity contribution in [2.45, 2.75) is 64.6 Å². The minimum absolute atomic E-state index is 0.0984. The highest BCUT2D eigenvalue weighted by molar-refractivity contribution is 7.92. The zero-order valence-corrected chi connectivity index (χ0v) is 23.2. The molecule has 1 saturated carbocycles. The quantitative estimate of drug-likeness (QED) is 0.451. The SMILES string of the molecule is CCC(C(=O)NC1CCCC1)N(Cc1ccc(Cl)cc1)C(=O)CN(c1ccc(C)c(Cl)c1)S(C)(=O)=O. The predicted molar refractivity (Wildman–Crippen MR) is 145 cm³/mol. The number of anilines is 1. The molecule has 1 atom stereocenters. The van der Waals surface area contributed by atoms with Crippen LogP contribution in [0.4, 0.5) is 5.69 Å². The third-order valence-electron chi connectivity index (χ3n) is 6.48. The van der Waals surface area contributed by atoms with Crippen LogP contribution in [0.3, 0.4) is 0 Å². The molecule has 0 bridgehead atoms. The fourth-order valence-electron chi connectivity index (χ4n) is 4.42. The molecule has 1 aliphatic rings. The predicted octanol–water partition coefficient (Wildman–Crippen LogP) is 4.93. The molecule has 10 heteroatoms. The third-order valence-corrected chi connectivity index (χ3v) is 8.28. The van der Waals surface area contributed by atoms with E-state index in [1.165, 1.54) is 11.0 Å². The van der Waals surface area contributed by atoms with Gasteiger partial charge in [0.2, 0.25) is 21.8 Å². The number of sulfonamides is 1. The fraction of sp³-hybridized carbons (Fsp3) is 0.462. The van der Waals surface area contributed by atoms with E-state index in [9.17, 15) is 18.0 Å². The van der Waals surface area contributed by atoms with E-state index in [0.29, 0.717) is 16.5 Å². The number of carbonyl (C=O) groups excluding carboxylic acids is 2. The second kappa shape index (κ2) is 12.3. The van der Waals surface area contributed by atoms with Crippen LogP contribution in [0.15, 0.2) is 42.5 Å². The number of carbonyl (C=O) groups is 2. The maximum Gasteiger partial charge on any atom is 0.244 e. The molecule has 0 heterocycles. The van der Waals surface area contributed by atoms with Crippen molar-refractivity contribution in [2.24, 2.45) is 0 Å². The summed E-state index contributed by atoms with van der Waals surface area (Å²) in [4.78, 5) is 28.5. The van der Waals surface area contributed by atoms with Crippen molar-refractivity contribution < 1.29 is 18.0 Å². The summed E-state index contributed by atoms with van der Waals surface area (Å²) in [5.74, 6) is -0.712. The Balaban J connectivity index is 1.92. The van der Waals surface area contributed by atoms with Crippen LogP contribution in [0.25, 0.3) is 0 Å². The molecule has 3 rings (SSSR count). The first-order valence-electron chi connectivity index (χ1n) is 12.1. The first-order chi connectivity index (χ1) is 17.0. The van der Waals surface area contributed by atoms with Gasteiger partial charge in [-0.3, -0.25) is 13.9 Å². The normalized spacial score (nSPS) is 14.9. The Morgan fingerprint density at radius 1 is 1.08 bits per heavy atom. The van der Waals surface area contributed by atoms with Gasteiger partial charge in [-0.25, -0.2) is 8.42 Å². The Hall–Kier alpha value is -2.29. The van der Waals surface area contributed by atoms with Crippen molar-refractivity contribution in [3.63, 3.8) is 0 Å². The third kappa shape index (κ3) is 7.37. The molecular formula is C26H33Cl2N3O4S. The zero-order chi connectivity index (χ0) is 26.5. The lowest BCUT2D eigenvalue weighted by Gasteiger charge is -2.33. The van der Waals surface area contributed by atoms with Gasteiger partial charge >= 0.3 is 0 Å². The number of hydrogen-bond donors (Lipinski definition) is 1. The van der Waals surface area contributed by atoms with Gasteiger partial charge in [-0.05, 0) is 61.6 Å². The van der Waals surface area contributed by atoms with Crippen LogP contribution in [0.2, 0.25) is 10.0 Å². The molecule has 2 aromatic rings. The lowest BCUT2D eigenvalue weighted by molar-refractivity contribution is -0.140. The lowest BCUT2D eigenvalue weighted by atomic mass is 10.1. The van der Waals surface area contributed by atoms with Gasteiger partial charge in [0.15, 0.2) is 0 Å². The summed E-state index contributed by atoms with van der Waals surface area (Å²) in [5, 5.41) is 4.04. The number of amides is 2. The van der Waals surface area contributed by atoms with Gasteiger partial charge in [0.1, 0.15) is 12.6 Å². The highest BCUT2D eigenvalue weighted by Crippen LogP contribution is 2.26. The largest absolute Gasteiger partial charge is 0.352 e. The Morgan fingerprint density at radius 3 is 2.28 bits per heavy atom. The molecule has 0 saturated heterocycles. The van der Waals surface area contributed by atoms with E-state index < -0.39 is 28.5 Å². The van der Waals surface area contributed by atoms with Crippen molar-refractivity contribution in [3.05, 3.63) is 63.6 Å². The minimum Gasteiger partial charge on any atom is -0.352 e. The van der Waals surface area contributed by atoms with E-state index in [4.69, 9.17) is 23.2 Å². The van der Waals surface area contributed by atoms with Crippen molar-refractivity contribution >= 4 is 50.7 Å². The highest BCUT2D eigenvalue weighted by Gasteiger charge is 2.33. The van der Waals surface area contributed by atoms with Crippen molar-refractivity contribution in [3.8, 4) is 0 Å². The molecule has 1 unspecified atom stereocenters. The Labute approximate surface area is 223 Å². The number of nitrogens with zero attached hydrogens (tertiary/aromatic N) is 2. The molecule has 2 aromatic carbocycles. The molecule has 36 heavy (non-hydrogen) atoms. The van der Waals surface area contributed by atoms with Crippen molar-refractivity contribution in [1.29, 1.82) is 0 Å². The summed E-state index contributed by atoms with van der Waals surface area (Å²) < 4.78 is 26.4. The Kier molecular flexibility index (Phi) is 9.66. The summed E-state index contributed by atoms with van der Waals surface area (Å²) in [6.07, 6.45) is 5.40. The van der Waals surface area contributed by atoms with Crippen LogP contribution in [-0.4, -0.2) is 50.0 Å².